The van der Waals surface area contributed by atoms with E-state index in [0.717, 1.165) is 0 Å². The predicted octanol–water partition coefficient (Wildman–Crippen LogP) is 3.54. The molecule has 1 amide bonds. The van der Waals surface area contributed by atoms with E-state index < -0.39 is 11.9 Å². The molecule has 0 atom stereocenters. The van der Waals surface area contributed by atoms with Gasteiger partial charge in [0.2, 0.25) is 5.76 Å². The Morgan fingerprint density at radius 3 is 2.73 bits per heavy atom. The molecule has 0 saturated heterocycles. The van der Waals surface area contributed by atoms with Gasteiger partial charge >= 0.3 is 5.97 Å². The van der Waals surface area contributed by atoms with E-state index in [1.807, 2.05) is 0 Å². The molecule has 22 heavy (non-hydrogen) atoms. The second-order valence-electron chi connectivity index (χ2n) is 4.48. The van der Waals surface area contributed by atoms with Crippen molar-refractivity contribution in [2.24, 2.45) is 0 Å². The van der Waals surface area contributed by atoms with E-state index in [-0.39, 0.29) is 17.0 Å². The Morgan fingerprint density at radius 2 is 1.95 bits per heavy atom. The van der Waals surface area contributed by atoms with E-state index in [2.05, 4.69) is 26.4 Å². The highest BCUT2D eigenvalue weighted by atomic mass is 79.9. The Morgan fingerprint density at radius 1 is 1.18 bits per heavy atom. The van der Waals surface area contributed by atoms with Gasteiger partial charge < -0.3 is 14.9 Å². The van der Waals surface area contributed by atoms with Crippen LogP contribution in [0.15, 0.2) is 51.5 Å². The zero-order valence-electron chi connectivity index (χ0n) is 11.0. The number of anilines is 1. The molecule has 3 aromatic rings. The van der Waals surface area contributed by atoms with Crippen molar-refractivity contribution in [2.75, 3.05) is 5.32 Å². The van der Waals surface area contributed by atoms with Gasteiger partial charge in [-0.25, -0.2) is 4.79 Å². The Balaban J connectivity index is 1.97. The molecular formula is C15H9BrN2O4. The minimum atomic E-state index is -1.14. The smallest absolute Gasteiger partial charge is 0.337 e. The number of amides is 1. The Labute approximate surface area is 132 Å². The SMILES string of the molecule is O=C(O)c1cc(Br)ccc1NC(=O)c1onc2ccccc12. The largest absolute Gasteiger partial charge is 0.478 e. The van der Waals surface area contributed by atoms with Crippen molar-refractivity contribution in [3.8, 4) is 0 Å². The normalized spacial score (nSPS) is 10.6. The summed E-state index contributed by atoms with van der Waals surface area (Å²) in [5.74, 6) is -1.66. The number of fused-ring (bicyclic) bond motifs is 1. The second-order valence-corrected chi connectivity index (χ2v) is 5.39. The summed E-state index contributed by atoms with van der Waals surface area (Å²) < 4.78 is 5.66. The highest BCUT2D eigenvalue weighted by Gasteiger charge is 2.19. The first-order chi connectivity index (χ1) is 10.6. The number of carbonyl (C=O) groups excluding carboxylic acids is 1. The summed E-state index contributed by atoms with van der Waals surface area (Å²) in [6.07, 6.45) is 0. The van der Waals surface area contributed by atoms with Crippen LogP contribution < -0.4 is 5.32 Å². The zero-order valence-corrected chi connectivity index (χ0v) is 12.6. The molecule has 7 heteroatoms. The Kier molecular flexibility index (Phi) is 3.64. The molecule has 0 saturated carbocycles. The van der Waals surface area contributed by atoms with E-state index in [0.29, 0.717) is 15.4 Å². The monoisotopic (exact) mass is 360 g/mol. The number of hydrogen-bond acceptors (Lipinski definition) is 4. The maximum absolute atomic E-state index is 12.3. The summed E-state index contributed by atoms with van der Waals surface area (Å²) in [4.78, 5) is 23.5. The number of carboxylic acid groups (broad SMARTS) is 1. The van der Waals surface area contributed by atoms with Crippen LogP contribution in [0.2, 0.25) is 0 Å². The van der Waals surface area contributed by atoms with E-state index in [1.54, 1.807) is 30.3 Å². The fraction of sp³-hybridized carbons (Fsp3) is 0. The summed E-state index contributed by atoms with van der Waals surface area (Å²) in [6, 6.07) is 11.5. The average molecular weight is 361 g/mol. The van der Waals surface area contributed by atoms with Crippen LogP contribution in [-0.2, 0) is 0 Å². The van der Waals surface area contributed by atoms with Crippen LogP contribution in [0.1, 0.15) is 20.9 Å². The first kappa shape index (κ1) is 14.3. The van der Waals surface area contributed by atoms with Gasteiger partial charge in [-0.3, -0.25) is 4.79 Å². The molecule has 6 nitrogen and oxygen atoms in total. The first-order valence-electron chi connectivity index (χ1n) is 6.25. The van der Waals surface area contributed by atoms with Crippen LogP contribution >= 0.6 is 15.9 Å². The maximum Gasteiger partial charge on any atom is 0.337 e. The number of carbonyl (C=O) groups is 2. The lowest BCUT2D eigenvalue weighted by Crippen LogP contribution is -2.14. The van der Waals surface area contributed by atoms with Gasteiger partial charge in [0.1, 0.15) is 5.52 Å². The lowest BCUT2D eigenvalue weighted by molar-refractivity contribution is 0.0698. The minimum absolute atomic E-state index is 0.0217. The molecule has 110 valence electrons. The van der Waals surface area contributed by atoms with Crippen LogP contribution in [0.5, 0.6) is 0 Å². The van der Waals surface area contributed by atoms with E-state index in [4.69, 9.17) is 4.52 Å². The quantitative estimate of drug-likeness (QED) is 0.744. The Hall–Kier alpha value is -2.67. The number of nitrogens with one attached hydrogen (secondary N) is 1. The summed E-state index contributed by atoms with van der Waals surface area (Å²) in [5.41, 5.74) is 0.717. The van der Waals surface area contributed by atoms with Gasteiger partial charge in [-0.05, 0) is 30.3 Å². The van der Waals surface area contributed by atoms with Gasteiger partial charge in [0.05, 0.1) is 16.6 Å². The molecule has 0 radical (unpaired) electrons. The van der Waals surface area contributed by atoms with Gasteiger partial charge in [-0.15, -0.1) is 0 Å². The molecule has 1 heterocycles. The zero-order chi connectivity index (χ0) is 15.7. The topological polar surface area (TPSA) is 92.4 Å². The van der Waals surface area contributed by atoms with Gasteiger partial charge in [-0.1, -0.05) is 33.2 Å². The van der Waals surface area contributed by atoms with Crippen molar-refractivity contribution in [1.82, 2.24) is 5.16 Å². The highest BCUT2D eigenvalue weighted by molar-refractivity contribution is 9.10. The molecule has 0 aliphatic carbocycles. The predicted molar refractivity (Wildman–Crippen MR) is 83.1 cm³/mol. The van der Waals surface area contributed by atoms with Crippen LogP contribution in [0.25, 0.3) is 10.9 Å². The van der Waals surface area contributed by atoms with Crippen molar-refractivity contribution >= 4 is 44.4 Å². The van der Waals surface area contributed by atoms with Crippen molar-refractivity contribution in [2.45, 2.75) is 0 Å². The van der Waals surface area contributed by atoms with Crippen molar-refractivity contribution < 1.29 is 19.2 Å². The van der Waals surface area contributed by atoms with Crippen LogP contribution in [-0.4, -0.2) is 22.1 Å². The van der Waals surface area contributed by atoms with Gasteiger partial charge in [0, 0.05) is 4.47 Å². The molecule has 3 rings (SSSR count). The summed E-state index contributed by atoms with van der Waals surface area (Å²) in [5, 5.41) is 16.1. The molecule has 2 aromatic carbocycles. The summed E-state index contributed by atoms with van der Waals surface area (Å²) >= 11 is 3.20. The van der Waals surface area contributed by atoms with Crippen LogP contribution in [0, 0.1) is 0 Å². The number of aromatic carboxylic acids is 1. The fourth-order valence-electron chi connectivity index (χ4n) is 2.03. The number of nitrogens with zero attached hydrogens (tertiary/aromatic N) is 1. The first-order valence-corrected chi connectivity index (χ1v) is 7.04. The fourth-order valence-corrected chi connectivity index (χ4v) is 2.40. The molecule has 0 unspecified atom stereocenters. The number of hydrogen-bond donors (Lipinski definition) is 2. The van der Waals surface area contributed by atoms with Crippen LogP contribution in [0.3, 0.4) is 0 Å². The van der Waals surface area contributed by atoms with E-state index in [1.165, 1.54) is 12.1 Å². The lowest BCUT2D eigenvalue weighted by atomic mass is 10.1. The second kappa shape index (κ2) is 5.61. The minimum Gasteiger partial charge on any atom is -0.478 e. The number of halogens is 1. The molecule has 0 aliphatic heterocycles. The van der Waals surface area contributed by atoms with E-state index >= 15 is 0 Å². The molecular weight excluding hydrogens is 352 g/mol. The molecule has 1 aromatic heterocycles. The van der Waals surface area contributed by atoms with Crippen molar-refractivity contribution in [1.29, 1.82) is 0 Å². The number of rotatable bonds is 3. The van der Waals surface area contributed by atoms with E-state index in [9.17, 15) is 14.7 Å². The van der Waals surface area contributed by atoms with Crippen molar-refractivity contribution in [3.05, 3.63) is 58.3 Å². The third-order valence-electron chi connectivity index (χ3n) is 3.05. The van der Waals surface area contributed by atoms with Gasteiger partial charge in [0.25, 0.3) is 5.91 Å². The Bertz CT molecular complexity index is 888. The number of aromatic nitrogens is 1. The van der Waals surface area contributed by atoms with Crippen LogP contribution in [0.4, 0.5) is 5.69 Å². The molecule has 0 aliphatic rings. The number of carboxylic acids is 1. The summed E-state index contributed by atoms with van der Waals surface area (Å²) in [7, 11) is 0. The molecule has 0 bridgehead atoms. The molecule has 0 spiro atoms. The van der Waals surface area contributed by atoms with Crippen molar-refractivity contribution in [3.63, 3.8) is 0 Å². The molecule has 2 N–H and O–H groups in total. The summed E-state index contributed by atoms with van der Waals surface area (Å²) in [6.45, 7) is 0. The number of benzene rings is 2. The van der Waals surface area contributed by atoms with Gasteiger partial charge in [-0.2, -0.15) is 0 Å². The standard InChI is InChI=1S/C15H9BrN2O4/c16-8-5-6-11(10(7-8)15(20)21)17-14(19)13-9-3-1-2-4-12(9)18-22-13/h1-7H,(H,17,19)(H,20,21). The molecule has 0 fully saturated rings. The third-order valence-corrected chi connectivity index (χ3v) is 3.54. The van der Waals surface area contributed by atoms with Gasteiger partial charge in [0.15, 0.2) is 0 Å². The highest BCUT2D eigenvalue weighted by Crippen LogP contribution is 2.23. The maximum atomic E-state index is 12.3. The lowest BCUT2D eigenvalue weighted by Gasteiger charge is -2.07. The average Bonchev–Trinajstić information content (AvgIpc) is 2.93. The third kappa shape index (κ3) is 2.58.